The maximum atomic E-state index is 6.54. The Morgan fingerprint density at radius 2 is 1.33 bits per heavy atom. The molecule has 2 aromatic carbocycles. The van der Waals surface area contributed by atoms with Crippen LogP contribution in [0.2, 0.25) is 5.02 Å². The Kier molecular flexibility index (Phi) is 5.21. The maximum Gasteiger partial charge on any atom is 0.203 e. The highest BCUT2D eigenvalue weighted by Crippen LogP contribution is 2.42. The highest BCUT2D eigenvalue weighted by Gasteiger charge is 2.18. The predicted molar refractivity (Wildman–Crippen MR) is 85.2 cm³/mol. The molecule has 21 heavy (non-hydrogen) atoms. The smallest absolute Gasteiger partial charge is 0.203 e. The average Bonchev–Trinajstić information content (AvgIpc) is 2.53. The standard InChI is InChI=1S/C16H16Cl2O3/c1-19-13-8-11(9-14(20-2)16(13)21-3)15(18)10-4-6-12(17)7-5-10/h4-9,15H,1-3H3. The van der Waals surface area contributed by atoms with Gasteiger partial charge in [0.2, 0.25) is 5.75 Å². The lowest BCUT2D eigenvalue weighted by atomic mass is 10.0. The van der Waals surface area contributed by atoms with E-state index >= 15 is 0 Å². The van der Waals surface area contributed by atoms with Crippen molar-refractivity contribution in [1.29, 1.82) is 0 Å². The van der Waals surface area contributed by atoms with Crippen LogP contribution >= 0.6 is 23.2 Å². The number of rotatable bonds is 5. The van der Waals surface area contributed by atoms with E-state index in [1.54, 1.807) is 21.3 Å². The molecule has 0 heterocycles. The Balaban J connectivity index is 2.45. The fourth-order valence-electron chi connectivity index (χ4n) is 2.07. The first-order chi connectivity index (χ1) is 10.1. The topological polar surface area (TPSA) is 27.7 Å². The molecule has 0 aromatic heterocycles. The van der Waals surface area contributed by atoms with Gasteiger partial charge in [-0.3, -0.25) is 0 Å². The van der Waals surface area contributed by atoms with Gasteiger partial charge >= 0.3 is 0 Å². The second-order valence-corrected chi connectivity index (χ2v) is 5.25. The van der Waals surface area contributed by atoms with Crippen LogP contribution in [0.3, 0.4) is 0 Å². The summed E-state index contributed by atoms with van der Waals surface area (Å²) in [5.41, 5.74) is 1.80. The van der Waals surface area contributed by atoms with Crippen LogP contribution in [0.25, 0.3) is 0 Å². The van der Waals surface area contributed by atoms with Crippen molar-refractivity contribution in [3.8, 4) is 17.2 Å². The van der Waals surface area contributed by atoms with Crippen molar-refractivity contribution in [3.63, 3.8) is 0 Å². The Bertz CT molecular complexity index is 586. The summed E-state index contributed by atoms with van der Waals surface area (Å²) < 4.78 is 16.0. The summed E-state index contributed by atoms with van der Waals surface area (Å²) in [6, 6.07) is 11.1. The molecule has 5 heteroatoms. The van der Waals surface area contributed by atoms with E-state index in [0.29, 0.717) is 22.3 Å². The number of hydrogen-bond donors (Lipinski definition) is 0. The molecule has 1 atom stereocenters. The molecule has 0 N–H and O–H groups in total. The number of methoxy groups -OCH3 is 3. The third-order valence-corrected chi connectivity index (χ3v) is 3.90. The summed E-state index contributed by atoms with van der Waals surface area (Å²) in [4.78, 5) is 0. The van der Waals surface area contributed by atoms with Crippen molar-refractivity contribution in [1.82, 2.24) is 0 Å². The van der Waals surface area contributed by atoms with Gasteiger partial charge in [-0.05, 0) is 35.4 Å². The number of halogens is 2. The zero-order valence-electron chi connectivity index (χ0n) is 12.0. The zero-order valence-corrected chi connectivity index (χ0v) is 13.5. The quantitative estimate of drug-likeness (QED) is 0.746. The first-order valence-corrected chi connectivity index (χ1v) is 7.11. The number of hydrogen-bond acceptors (Lipinski definition) is 3. The van der Waals surface area contributed by atoms with Gasteiger partial charge < -0.3 is 14.2 Å². The Labute approximate surface area is 134 Å². The molecular weight excluding hydrogens is 311 g/mol. The van der Waals surface area contributed by atoms with Gasteiger partial charge in [-0.15, -0.1) is 11.6 Å². The van der Waals surface area contributed by atoms with Crippen LogP contribution in [0.4, 0.5) is 0 Å². The SMILES string of the molecule is COc1cc(C(Cl)c2ccc(Cl)cc2)cc(OC)c1OC. The lowest BCUT2D eigenvalue weighted by Crippen LogP contribution is -1.99. The number of alkyl halides is 1. The van der Waals surface area contributed by atoms with E-state index in [1.807, 2.05) is 36.4 Å². The van der Waals surface area contributed by atoms with E-state index in [2.05, 4.69) is 0 Å². The fraction of sp³-hybridized carbons (Fsp3) is 0.250. The summed E-state index contributed by atoms with van der Waals surface area (Å²) in [7, 11) is 4.72. The molecule has 2 aromatic rings. The highest BCUT2D eigenvalue weighted by molar-refractivity contribution is 6.30. The average molecular weight is 327 g/mol. The molecule has 112 valence electrons. The normalized spacial score (nSPS) is 11.9. The Hall–Kier alpha value is -1.58. The van der Waals surface area contributed by atoms with Gasteiger partial charge in [-0.1, -0.05) is 23.7 Å². The van der Waals surface area contributed by atoms with Crippen LogP contribution in [-0.2, 0) is 0 Å². The minimum absolute atomic E-state index is 0.337. The van der Waals surface area contributed by atoms with Crippen LogP contribution in [0.5, 0.6) is 17.2 Å². The van der Waals surface area contributed by atoms with E-state index < -0.39 is 0 Å². The Morgan fingerprint density at radius 3 is 1.76 bits per heavy atom. The summed E-state index contributed by atoms with van der Waals surface area (Å²) in [6.45, 7) is 0. The van der Waals surface area contributed by atoms with Crippen LogP contribution < -0.4 is 14.2 Å². The van der Waals surface area contributed by atoms with Crippen molar-refractivity contribution in [2.75, 3.05) is 21.3 Å². The Morgan fingerprint density at radius 1 is 0.810 bits per heavy atom. The van der Waals surface area contributed by atoms with Crippen LogP contribution in [0.1, 0.15) is 16.5 Å². The lowest BCUT2D eigenvalue weighted by Gasteiger charge is -2.17. The minimum Gasteiger partial charge on any atom is -0.493 e. The minimum atomic E-state index is -0.337. The van der Waals surface area contributed by atoms with Gasteiger partial charge in [-0.2, -0.15) is 0 Å². The van der Waals surface area contributed by atoms with E-state index in [1.165, 1.54) is 0 Å². The van der Waals surface area contributed by atoms with Crippen LogP contribution in [0, 0.1) is 0 Å². The van der Waals surface area contributed by atoms with E-state index in [-0.39, 0.29) is 5.38 Å². The van der Waals surface area contributed by atoms with Crippen molar-refractivity contribution in [3.05, 3.63) is 52.5 Å². The van der Waals surface area contributed by atoms with Crippen LogP contribution in [-0.4, -0.2) is 21.3 Å². The fourth-order valence-corrected chi connectivity index (χ4v) is 2.47. The van der Waals surface area contributed by atoms with Crippen LogP contribution in [0.15, 0.2) is 36.4 Å². The molecule has 3 nitrogen and oxygen atoms in total. The van der Waals surface area contributed by atoms with Gasteiger partial charge in [0.1, 0.15) is 0 Å². The third kappa shape index (κ3) is 3.36. The molecule has 2 rings (SSSR count). The molecule has 0 aliphatic carbocycles. The van der Waals surface area contributed by atoms with Gasteiger partial charge in [0, 0.05) is 5.02 Å². The third-order valence-electron chi connectivity index (χ3n) is 3.14. The summed E-state index contributed by atoms with van der Waals surface area (Å²) in [6.07, 6.45) is 0. The monoisotopic (exact) mass is 326 g/mol. The summed E-state index contributed by atoms with van der Waals surface area (Å²) >= 11 is 12.4. The molecule has 0 spiro atoms. The molecule has 0 radical (unpaired) electrons. The first-order valence-electron chi connectivity index (χ1n) is 6.30. The molecule has 0 amide bonds. The second-order valence-electron chi connectivity index (χ2n) is 4.37. The summed E-state index contributed by atoms with van der Waals surface area (Å²) in [5.74, 6) is 1.70. The molecule has 0 saturated carbocycles. The van der Waals surface area contributed by atoms with Crippen molar-refractivity contribution in [2.45, 2.75) is 5.38 Å². The van der Waals surface area contributed by atoms with Gasteiger partial charge in [0.25, 0.3) is 0 Å². The van der Waals surface area contributed by atoms with E-state index in [0.717, 1.165) is 11.1 Å². The molecular formula is C16H16Cl2O3. The van der Waals surface area contributed by atoms with E-state index in [9.17, 15) is 0 Å². The van der Waals surface area contributed by atoms with Gasteiger partial charge in [0.15, 0.2) is 11.5 Å². The maximum absolute atomic E-state index is 6.54. The van der Waals surface area contributed by atoms with Crippen molar-refractivity contribution >= 4 is 23.2 Å². The first kappa shape index (κ1) is 15.8. The number of benzene rings is 2. The van der Waals surface area contributed by atoms with Crippen molar-refractivity contribution in [2.24, 2.45) is 0 Å². The predicted octanol–water partition coefficient (Wildman–Crippen LogP) is 4.69. The largest absolute Gasteiger partial charge is 0.493 e. The van der Waals surface area contributed by atoms with Gasteiger partial charge in [0.05, 0.1) is 26.7 Å². The molecule has 0 bridgehead atoms. The lowest BCUT2D eigenvalue weighted by molar-refractivity contribution is 0.324. The molecule has 0 aliphatic heterocycles. The molecule has 0 saturated heterocycles. The van der Waals surface area contributed by atoms with Gasteiger partial charge in [-0.25, -0.2) is 0 Å². The van der Waals surface area contributed by atoms with Crippen molar-refractivity contribution < 1.29 is 14.2 Å². The zero-order chi connectivity index (χ0) is 15.4. The van der Waals surface area contributed by atoms with E-state index in [4.69, 9.17) is 37.4 Å². The molecule has 0 fully saturated rings. The number of ether oxygens (including phenoxy) is 3. The molecule has 1 unspecified atom stereocenters. The summed E-state index contributed by atoms with van der Waals surface area (Å²) in [5, 5.41) is 0.337. The second kappa shape index (κ2) is 6.92. The highest BCUT2D eigenvalue weighted by atomic mass is 35.5. The molecule has 0 aliphatic rings.